The Bertz CT molecular complexity index is 486. The minimum atomic E-state index is 0. The second-order valence-corrected chi connectivity index (χ2v) is 6.40. The predicted octanol–water partition coefficient (Wildman–Crippen LogP) is 2.74. The average molecular weight is 360 g/mol. The number of halogens is 2. The Hall–Kier alpha value is -0.970. The minimum Gasteiger partial charge on any atom is -0.369 e. The SMILES string of the molecule is Cl.Cl.NC1CCC(C(=O)NC2CCCN(c3ccccc3)C2)C1. The summed E-state index contributed by atoms with van der Waals surface area (Å²) in [4.78, 5) is 14.7. The molecule has 0 aromatic heterocycles. The number of nitrogens with one attached hydrogen (secondary N) is 1. The highest BCUT2D eigenvalue weighted by Gasteiger charge is 2.30. The molecule has 1 aliphatic heterocycles. The molecule has 1 aromatic carbocycles. The zero-order chi connectivity index (χ0) is 14.7. The highest BCUT2D eigenvalue weighted by atomic mass is 35.5. The van der Waals surface area contributed by atoms with Crippen molar-refractivity contribution in [3.05, 3.63) is 30.3 Å². The number of piperidine rings is 1. The number of hydrogen-bond donors (Lipinski definition) is 2. The van der Waals surface area contributed by atoms with E-state index in [0.717, 1.165) is 45.2 Å². The number of benzene rings is 1. The minimum absolute atomic E-state index is 0. The first-order valence-corrected chi connectivity index (χ1v) is 8.08. The first-order chi connectivity index (χ1) is 10.2. The summed E-state index contributed by atoms with van der Waals surface area (Å²) < 4.78 is 0. The van der Waals surface area contributed by atoms with Gasteiger partial charge in [-0.3, -0.25) is 4.79 Å². The second-order valence-electron chi connectivity index (χ2n) is 6.40. The average Bonchev–Trinajstić information content (AvgIpc) is 2.95. The van der Waals surface area contributed by atoms with Crippen molar-refractivity contribution in [2.45, 2.75) is 44.2 Å². The van der Waals surface area contributed by atoms with Gasteiger partial charge in [0.15, 0.2) is 0 Å². The van der Waals surface area contributed by atoms with Gasteiger partial charge in [0, 0.05) is 36.8 Å². The van der Waals surface area contributed by atoms with Gasteiger partial charge in [-0.2, -0.15) is 0 Å². The van der Waals surface area contributed by atoms with Crippen LogP contribution < -0.4 is 16.0 Å². The lowest BCUT2D eigenvalue weighted by molar-refractivity contribution is -0.125. The summed E-state index contributed by atoms with van der Waals surface area (Å²) in [6, 6.07) is 10.9. The molecule has 1 saturated carbocycles. The Morgan fingerprint density at radius 2 is 1.87 bits per heavy atom. The molecule has 2 aliphatic rings. The molecular weight excluding hydrogens is 333 g/mol. The fraction of sp³-hybridized carbons (Fsp3) is 0.588. The summed E-state index contributed by atoms with van der Waals surface area (Å²) in [6.07, 6.45) is 4.99. The molecule has 23 heavy (non-hydrogen) atoms. The van der Waals surface area contributed by atoms with Crippen molar-refractivity contribution in [2.75, 3.05) is 18.0 Å². The van der Waals surface area contributed by atoms with Gasteiger partial charge in [-0.25, -0.2) is 0 Å². The summed E-state index contributed by atoms with van der Waals surface area (Å²) in [5.74, 6) is 0.343. The number of nitrogens with zero attached hydrogens (tertiary/aromatic N) is 1. The van der Waals surface area contributed by atoms with Crippen LogP contribution in [0.2, 0.25) is 0 Å². The van der Waals surface area contributed by atoms with E-state index in [2.05, 4.69) is 34.5 Å². The van der Waals surface area contributed by atoms with Crippen molar-refractivity contribution in [1.29, 1.82) is 0 Å². The van der Waals surface area contributed by atoms with Crippen molar-refractivity contribution in [2.24, 2.45) is 11.7 Å². The van der Waals surface area contributed by atoms with Crippen LogP contribution in [0.4, 0.5) is 5.69 Å². The molecular formula is C17H27Cl2N3O. The van der Waals surface area contributed by atoms with E-state index in [1.807, 2.05) is 6.07 Å². The van der Waals surface area contributed by atoms with Crippen LogP contribution in [0.25, 0.3) is 0 Å². The van der Waals surface area contributed by atoms with Gasteiger partial charge in [-0.15, -0.1) is 24.8 Å². The normalized spacial score (nSPS) is 26.8. The van der Waals surface area contributed by atoms with Gasteiger partial charge in [0.25, 0.3) is 0 Å². The molecule has 4 nitrogen and oxygen atoms in total. The lowest BCUT2D eigenvalue weighted by Crippen LogP contribution is -2.49. The van der Waals surface area contributed by atoms with Crippen LogP contribution >= 0.6 is 24.8 Å². The third kappa shape index (κ3) is 5.27. The number of carbonyl (C=O) groups is 1. The van der Waals surface area contributed by atoms with E-state index < -0.39 is 0 Å². The number of nitrogens with two attached hydrogens (primary N) is 1. The van der Waals surface area contributed by atoms with Gasteiger partial charge in [-0.1, -0.05) is 18.2 Å². The summed E-state index contributed by atoms with van der Waals surface area (Å²) in [6.45, 7) is 1.99. The van der Waals surface area contributed by atoms with E-state index >= 15 is 0 Å². The quantitative estimate of drug-likeness (QED) is 0.872. The lowest BCUT2D eigenvalue weighted by atomic mass is 10.0. The molecule has 6 heteroatoms. The van der Waals surface area contributed by atoms with E-state index in [1.54, 1.807) is 0 Å². The van der Waals surface area contributed by atoms with Gasteiger partial charge >= 0.3 is 0 Å². The third-order valence-electron chi connectivity index (χ3n) is 4.73. The predicted molar refractivity (Wildman–Crippen MR) is 99.6 cm³/mol. The summed E-state index contributed by atoms with van der Waals surface area (Å²) in [5.41, 5.74) is 7.16. The standard InChI is InChI=1S/C17H25N3O.2ClH/c18-14-9-8-13(11-14)17(21)19-15-5-4-10-20(12-15)16-6-2-1-3-7-16;;/h1-3,6-7,13-15H,4-5,8-12,18H2,(H,19,21);2*1H. The Morgan fingerprint density at radius 1 is 1.13 bits per heavy atom. The van der Waals surface area contributed by atoms with Gasteiger partial charge in [0.05, 0.1) is 0 Å². The van der Waals surface area contributed by atoms with Gasteiger partial charge < -0.3 is 16.0 Å². The fourth-order valence-electron chi connectivity index (χ4n) is 3.54. The molecule has 1 aliphatic carbocycles. The van der Waals surface area contributed by atoms with Crippen LogP contribution in [-0.4, -0.2) is 31.1 Å². The maximum atomic E-state index is 12.3. The summed E-state index contributed by atoms with van der Waals surface area (Å²) >= 11 is 0. The molecule has 0 spiro atoms. The van der Waals surface area contributed by atoms with E-state index in [-0.39, 0.29) is 48.7 Å². The topological polar surface area (TPSA) is 58.4 Å². The molecule has 130 valence electrons. The van der Waals surface area contributed by atoms with Crippen LogP contribution in [0.15, 0.2) is 30.3 Å². The van der Waals surface area contributed by atoms with Crippen LogP contribution in [0.5, 0.6) is 0 Å². The molecule has 1 heterocycles. The highest BCUT2D eigenvalue weighted by molar-refractivity contribution is 5.85. The molecule has 2 fully saturated rings. The number of hydrogen-bond acceptors (Lipinski definition) is 3. The Balaban J connectivity index is 0.00000132. The maximum Gasteiger partial charge on any atom is 0.223 e. The third-order valence-corrected chi connectivity index (χ3v) is 4.73. The van der Waals surface area contributed by atoms with Crippen molar-refractivity contribution < 1.29 is 4.79 Å². The Kier molecular flexibility index (Phi) is 8.17. The Labute approximate surface area is 151 Å². The molecule has 0 bridgehead atoms. The number of rotatable bonds is 3. The first kappa shape index (κ1) is 20.1. The molecule has 1 amide bonds. The lowest BCUT2D eigenvalue weighted by Gasteiger charge is -2.35. The van der Waals surface area contributed by atoms with Crippen molar-refractivity contribution >= 4 is 36.4 Å². The Morgan fingerprint density at radius 3 is 2.52 bits per heavy atom. The molecule has 3 rings (SSSR count). The van der Waals surface area contributed by atoms with Crippen LogP contribution in [0.1, 0.15) is 32.1 Å². The second kappa shape index (κ2) is 9.36. The van der Waals surface area contributed by atoms with E-state index in [0.29, 0.717) is 0 Å². The number of amides is 1. The zero-order valence-corrected chi connectivity index (χ0v) is 15.0. The number of para-hydroxylation sites is 1. The molecule has 0 radical (unpaired) electrons. The largest absolute Gasteiger partial charge is 0.369 e. The maximum absolute atomic E-state index is 12.3. The van der Waals surface area contributed by atoms with Crippen LogP contribution in [-0.2, 0) is 4.79 Å². The first-order valence-electron chi connectivity index (χ1n) is 8.08. The summed E-state index contributed by atoms with van der Waals surface area (Å²) in [7, 11) is 0. The molecule has 1 saturated heterocycles. The molecule has 3 atom stereocenters. The monoisotopic (exact) mass is 359 g/mol. The van der Waals surface area contributed by atoms with Gasteiger partial charge in [0.1, 0.15) is 0 Å². The number of carbonyl (C=O) groups excluding carboxylic acids is 1. The smallest absolute Gasteiger partial charge is 0.223 e. The van der Waals surface area contributed by atoms with Gasteiger partial charge in [-0.05, 0) is 44.2 Å². The molecule has 3 unspecified atom stereocenters. The highest BCUT2D eigenvalue weighted by Crippen LogP contribution is 2.25. The molecule has 3 N–H and O–H groups in total. The summed E-state index contributed by atoms with van der Waals surface area (Å²) in [5, 5.41) is 3.24. The van der Waals surface area contributed by atoms with Crippen molar-refractivity contribution in [3.63, 3.8) is 0 Å². The van der Waals surface area contributed by atoms with Gasteiger partial charge in [0.2, 0.25) is 5.91 Å². The van der Waals surface area contributed by atoms with Crippen LogP contribution in [0, 0.1) is 5.92 Å². The zero-order valence-electron chi connectivity index (χ0n) is 13.3. The molecule has 1 aromatic rings. The van der Waals surface area contributed by atoms with E-state index in [9.17, 15) is 4.79 Å². The van der Waals surface area contributed by atoms with Crippen LogP contribution in [0.3, 0.4) is 0 Å². The van der Waals surface area contributed by atoms with Crippen molar-refractivity contribution in [3.8, 4) is 0 Å². The fourth-order valence-corrected chi connectivity index (χ4v) is 3.54. The van der Waals surface area contributed by atoms with E-state index in [1.165, 1.54) is 5.69 Å². The van der Waals surface area contributed by atoms with E-state index in [4.69, 9.17) is 5.73 Å². The van der Waals surface area contributed by atoms with Crippen molar-refractivity contribution in [1.82, 2.24) is 5.32 Å². The number of anilines is 1.